The molecule has 39 heavy (non-hydrogen) atoms. The molecule has 0 heterocycles. The van der Waals surface area contributed by atoms with E-state index >= 15 is 0 Å². The van der Waals surface area contributed by atoms with Crippen LogP contribution >= 0.6 is 0 Å². The molecule has 0 fully saturated rings. The number of hydrogen-bond acceptors (Lipinski definition) is 3. The first-order chi connectivity index (χ1) is 19.0. The van der Waals surface area contributed by atoms with Crippen molar-refractivity contribution in [3.63, 3.8) is 0 Å². The summed E-state index contributed by atoms with van der Waals surface area (Å²) >= 11 is 0. The van der Waals surface area contributed by atoms with Gasteiger partial charge in [-0.1, -0.05) is 143 Å². The molecule has 0 aromatic rings. The minimum Gasteiger partial charge on any atom is -0.481 e. The number of unbranched alkanes of at least 4 members (excludes halogenated alkanes) is 18. The van der Waals surface area contributed by atoms with Gasteiger partial charge in [-0.15, -0.1) is 0 Å². The second kappa shape index (κ2) is 28.0. The molecule has 0 aromatic heterocycles. The number of carbonyl (C=O) groups excluding carboxylic acids is 2. The Balaban J connectivity index is 3.88. The largest absolute Gasteiger partial charge is 0.481 e. The van der Waals surface area contributed by atoms with E-state index in [9.17, 15) is 14.4 Å². The molecule has 0 radical (unpaired) electrons. The molecule has 3 N–H and O–H groups in total. The fraction of sp³-hybridized carbons (Fsp3) is 0.909. The highest BCUT2D eigenvalue weighted by Gasteiger charge is 2.27. The molecule has 6 nitrogen and oxygen atoms in total. The lowest BCUT2D eigenvalue weighted by molar-refractivity contribution is -0.137. The monoisotopic (exact) mass is 552 g/mol. The minimum atomic E-state index is -0.772. The molecule has 0 aliphatic heterocycles. The van der Waals surface area contributed by atoms with Crippen LogP contribution in [-0.4, -0.2) is 35.5 Å². The third kappa shape index (κ3) is 24.0. The first kappa shape index (κ1) is 37.4. The number of nitrogens with one attached hydrogen (secondary N) is 2. The maximum atomic E-state index is 12.9. The quantitative estimate of drug-likeness (QED) is 0.0809. The molecule has 0 saturated heterocycles. The molecule has 0 aromatic carbocycles. The van der Waals surface area contributed by atoms with Gasteiger partial charge in [0.25, 0.3) is 0 Å². The highest BCUT2D eigenvalue weighted by Crippen LogP contribution is 2.16. The van der Waals surface area contributed by atoms with Crippen LogP contribution in [0.5, 0.6) is 0 Å². The molecule has 2 amide bonds. The number of carboxylic acids is 1. The van der Waals surface area contributed by atoms with Crippen LogP contribution in [0.3, 0.4) is 0 Å². The van der Waals surface area contributed by atoms with Crippen molar-refractivity contribution in [1.82, 2.24) is 10.6 Å². The van der Waals surface area contributed by atoms with Gasteiger partial charge in [-0.05, 0) is 25.2 Å². The summed E-state index contributed by atoms with van der Waals surface area (Å²) in [6, 6.07) is -0.472. The summed E-state index contributed by atoms with van der Waals surface area (Å²) in [6.45, 7) is 7.08. The van der Waals surface area contributed by atoms with Gasteiger partial charge in [-0.3, -0.25) is 14.4 Å². The summed E-state index contributed by atoms with van der Waals surface area (Å²) < 4.78 is 0. The van der Waals surface area contributed by atoms with Crippen LogP contribution in [0.25, 0.3) is 0 Å². The maximum Gasteiger partial charge on any atom is 0.303 e. The number of carbonyl (C=O) groups is 3. The molecule has 0 aliphatic carbocycles. The first-order valence-electron chi connectivity index (χ1n) is 16.7. The lowest BCUT2D eigenvalue weighted by atomic mass is 9.93. The van der Waals surface area contributed by atoms with E-state index in [0.717, 1.165) is 44.9 Å². The second-order valence-corrected chi connectivity index (χ2v) is 11.5. The lowest BCUT2D eigenvalue weighted by Crippen LogP contribution is -2.50. The average molecular weight is 553 g/mol. The Morgan fingerprint density at radius 1 is 0.564 bits per heavy atom. The summed E-state index contributed by atoms with van der Waals surface area (Å²) in [5.41, 5.74) is 0. The Bertz CT molecular complexity index is 592. The zero-order valence-electron chi connectivity index (χ0n) is 26.0. The predicted molar refractivity (Wildman–Crippen MR) is 164 cm³/mol. The van der Waals surface area contributed by atoms with Crippen molar-refractivity contribution in [3.8, 4) is 0 Å². The van der Waals surface area contributed by atoms with E-state index in [2.05, 4.69) is 31.4 Å². The van der Waals surface area contributed by atoms with E-state index in [1.54, 1.807) is 0 Å². The van der Waals surface area contributed by atoms with Crippen LogP contribution in [-0.2, 0) is 14.4 Å². The van der Waals surface area contributed by atoms with Crippen molar-refractivity contribution >= 4 is 17.8 Å². The third-order valence-corrected chi connectivity index (χ3v) is 7.99. The number of hydrogen-bond donors (Lipinski definition) is 3. The van der Waals surface area contributed by atoms with Crippen LogP contribution in [0.4, 0.5) is 0 Å². The second-order valence-electron chi connectivity index (χ2n) is 11.5. The molecule has 1 unspecified atom stereocenters. The Morgan fingerprint density at radius 2 is 0.974 bits per heavy atom. The standard InChI is InChI=1S/C33H64N2O4/c1-4-7-8-9-10-11-12-13-14-15-16-17-18-19-22-25-28-34-33(39)32(29(5-2)6-3)35-30(36)26-23-20-21-24-27-31(37)38/h29,32H,4-28H2,1-3H3,(H,34,39)(H,35,36)(H,37,38). The molecule has 0 aliphatic rings. The number of carboxylic acid groups (broad SMARTS) is 1. The highest BCUT2D eigenvalue weighted by molar-refractivity contribution is 5.87. The smallest absolute Gasteiger partial charge is 0.303 e. The summed E-state index contributed by atoms with van der Waals surface area (Å²) in [4.78, 5) is 36.0. The molecule has 6 heteroatoms. The van der Waals surface area contributed by atoms with E-state index in [4.69, 9.17) is 5.11 Å². The molecular weight excluding hydrogens is 488 g/mol. The van der Waals surface area contributed by atoms with Crippen LogP contribution < -0.4 is 10.6 Å². The van der Waals surface area contributed by atoms with Crippen LogP contribution in [0.15, 0.2) is 0 Å². The zero-order chi connectivity index (χ0) is 29.0. The van der Waals surface area contributed by atoms with Gasteiger partial charge in [0.1, 0.15) is 6.04 Å². The summed E-state index contributed by atoms with van der Waals surface area (Å²) in [7, 11) is 0. The van der Waals surface area contributed by atoms with Crippen molar-refractivity contribution < 1.29 is 19.5 Å². The Kier molecular flexibility index (Phi) is 26.8. The van der Waals surface area contributed by atoms with Gasteiger partial charge in [-0.2, -0.15) is 0 Å². The lowest BCUT2D eigenvalue weighted by Gasteiger charge is -2.25. The van der Waals surface area contributed by atoms with Crippen molar-refractivity contribution in [2.24, 2.45) is 5.92 Å². The minimum absolute atomic E-state index is 0.0560. The van der Waals surface area contributed by atoms with Gasteiger partial charge < -0.3 is 15.7 Å². The average Bonchev–Trinajstić information content (AvgIpc) is 2.92. The summed E-state index contributed by atoms with van der Waals surface area (Å²) in [6.07, 6.45) is 26.6. The van der Waals surface area contributed by atoms with Gasteiger partial charge in [0.2, 0.25) is 11.8 Å². The molecule has 0 saturated carbocycles. The Labute approximate surface area is 241 Å². The van der Waals surface area contributed by atoms with Gasteiger partial charge in [-0.25, -0.2) is 0 Å². The molecule has 0 bridgehead atoms. The van der Waals surface area contributed by atoms with Crippen molar-refractivity contribution in [1.29, 1.82) is 0 Å². The Morgan fingerprint density at radius 3 is 1.41 bits per heavy atom. The molecule has 1 atom stereocenters. The Hall–Kier alpha value is -1.59. The van der Waals surface area contributed by atoms with Gasteiger partial charge in [0.05, 0.1) is 0 Å². The van der Waals surface area contributed by atoms with Crippen LogP contribution in [0.2, 0.25) is 0 Å². The fourth-order valence-corrected chi connectivity index (χ4v) is 5.31. The van der Waals surface area contributed by atoms with E-state index in [1.807, 2.05) is 0 Å². The van der Waals surface area contributed by atoms with Crippen molar-refractivity contribution in [3.05, 3.63) is 0 Å². The van der Waals surface area contributed by atoms with E-state index in [0.29, 0.717) is 19.4 Å². The topological polar surface area (TPSA) is 95.5 Å². The van der Waals surface area contributed by atoms with Crippen molar-refractivity contribution in [2.75, 3.05) is 6.54 Å². The molecule has 0 spiro atoms. The zero-order valence-corrected chi connectivity index (χ0v) is 26.0. The molecule has 0 rings (SSSR count). The number of aliphatic carboxylic acids is 1. The molecule has 230 valence electrons. The highest BCUT2D eigenvalue weighted by atomic mass is 16.4. The van der Waals surface area contributed by atoms with E-state index < -0.39 is 12.0 Å². The summed E-state index contributed by atoms with van der Waals surface area (Å²) in [5.74, 6) is -0.774. The van der Waals surface area contributed by atoms with Crippen LogP contribution in [0, 0.1) is 5.92 Å². The number of rotatable bonds is 29. The predicted octanol–water partition coefficient (Wildman–Crippen LogP) is 8.71. The van der Waals surface area contributed by atoms with Crippen LogP contribution in [0.1, 0.15) is 175 Å². The van der Waals surface area contributed by atoms with Gasteiger partial charge in [0.15, 0.2) is 0 Å². The van der Waals surface area contributed by atoms with Gasteiger partial charge in [0, 0.05) is 19.4 Å². The summed E-state index contributed by atoms with van der Waals surface area (Å²) in [5, 5.41) is 14.8. The normalized spacial score (nSPS) is 12.0. The first-order valence-corrected chi connectivity index (χ1v) is 16.7. The van der Waals surface area contributed by atoms with Gasteiger partial charge >= 0.3 is 5.97 Å². The molecular formula is C33H64N2O4. The third-order valence-electron chi connectivity index (χ3n) is 7.99. The van der Waals surface area contributed by atoms with E-state index in [-0.39, 0.29) is 24.2 Å². The number of amides is 2. The maximum absolute atomic E-state index is 12.9. The van der Waals surface area contributed by atoms with E-state index in [1.165, 1.54) is 89.9 Å². The SMILES string of the molecule is CCCCCCCCCCCCCCCCCCNC(=O)C(NC(=O)CCCCCCC(=O)O)C(CC)CC. The fourth-order valence-electron chi connectivity index (χ4n) is 5.31. The van der Waals surface area contributed by atoms with Crippen molar-refractivity contribution in [2.45, 2.75) is 181 Å².